The molecule has 0 aliphatic heterocycles. The number of benzene rings is 1. The Hall–Kier alpha value is -1.68. The molecule has 0 radical (unpaired) electrons. The molecule has 2 rings (SSSR count). The molecule has 0 aliphatic carbocycles. The summed E-state index contributed by atoms with van der Waals surface area (Å²) >= 11 is 5.85. The monoisotopic (exact) mass is 251 g/mol. The van der Waals surface area contributed by atoms with E-state index in [1.165, 1.54) is 0 Å². The Morgan fingerprint density at radius 2 is 2.24 bits per heavy atom. The number of nitrogens with two attached hydrogens (primary N) is 1. The summed E-state index contributed by atoms with van der Waals surface area (Å²) < 4.78 is 7.21. The molecular formula is C12H14ClN3O. The number of hydrogen-bond acceptors (Lipinski definition) is 3. The van der Waals surface area contributed by atoms with Gasteiger partial charge in [-0.1, -0.05) is 17.7 Å². The van der Waals surface area contributed by atoms with Gasteiger partial charge in [-0.2, -0.15) is 5.10 Å². The van der Waals surface area contributed by atoms with E-state index in [1.807, 2.05) is 31.3 Å². The van der Waals surface area contributed by atoms with Gasteiger partial charge in [-0.15, -0.1) is 0 Å². The number of hydrogen-bond donors (Lipinski definition) is 1. The van der Waals surface area contributed by atoms with E-state index in [0.29, 0.717) is 17.4 Å². The standard InChI is InChI=1S/C12H14ClN3O/c1-16-12(14)8-10(15-16)5-6-17-11-4-2-3-9(13)7-11/h2-4,7-8H,5-6,14H2,1H3. The molecule has 0 aliphatic rings. The second-order valence-electron chi connectivity index (χ2n) is 3.74. The minimum Gasteiger partial charge on any atom is -0.493 e. The maximum atomic E-state index is 5.85. The fraction of sp³-hybridized carbons (Fsp3) is 0.250. The molecule has 5 heteroatoms. The first-order chi connectivity index (χ1) is 8.15. The highest BCUT2D eigenvalue weighted by Crippen LogP contribution is 2.17. The molecule has 17 heavy (non-hydrogen) atoms. The van der Waals surface area contributed by atoms with Crippen LogP contribution in [0.15, 0.2) is 30.3 Å². The molecule has 0 fully saturated rings. The average Bonchev–Trinajstić information content (AvgIpc) is 2.58. The Labute approximate surface area is 105 Å². The van der Waals surface area contributed by atoms with Gasteiger partial charge in [0.1, 0.15) is 11.6 Å². The first-order valence-electron chi connectivity index (χ1n) is 5.32. The van der Waals surface area contributed by atoms with Crippen LogP contribution >= 0.6 is 11.6 Å². The van der Waals surface area contributed by atoms with E-state index in [1.54, 1.807) is 10.7 Å². The number of halogens is 1. The van der Waals surface area contributed by atoms with Crippen molar-refractivity contribution in [2.24, 2.45) is 7.05 Å². The van der Waals surface area contributed by atoms with Crippen LogP contribution in [0.25, 0.3) is 0 Å². The Kier molecular flexibility index (Phi) is 3.54. The number of aromatic nitrogens is 2. The molecule has 2 aromatic rings. The van der Waals surface area contributed by atoms with Gasteiger partial charge in [0.2, 0.25) is 0 Å². The lowest BCUT2D eigenvalue weighted by atomic mass is 10.3. The van der Waals surface area contributed by atoms with Crippen LogP contribution in [0, 0.1) is 0 Å². The van der Waals surface area contributed by atoms with Gasteiger partial charge in [-0.05, 0) is 18.2 Å². The number of anilines is 1. The molecule has 0 atom stereocenters. The van der Waals surface area contributed by atoms with Crippen molar-refractivity contribution < 1.29 is 4.74 Å². The minimum atomic E-state index is 0.552. The zero-order valence-corrected chi connectivity index (χ0v) is 10.3. The molecule has 1 aromatic carbocycles. The lowest BCUT2D eigenvalue weighted by Crippen LogP contribution is -2.02. The molecule has 0 unspecified atom stereocenters. The largest absolute Gasteiger partial charge is 0.493 e. The average molecular weight is 252 g/mol. The van der Waals surface area contributed by atoms with Crippen molar-refractivity contribution in [1.82, 2.24) is 9.78 Å². The topological polar surface area (TPSA) is 53.1 Å². The highest BCUT2D eigenvalue weighted by Gasteiger charge is 2.02. The fourth-order valence-corrected chi connectivity index (χ4v) is 1.68. The van der Waals surface area contributed by atoms with Crippen molar-refractivity contribution in [2.75, 3.05) is 12.3 Å². The molecule has 0 amide bonds. The van der Waals surface area contributed by atoms with Crippen LogP contribution in [0.4, 0.5) is 5.82 Å². The molecular weight excluding hydrogens is 238 g/mol. The maximum absolute atomic E-state index is 5.85. The minimum absolute atomic E-state index is 0.552. The molecule has 2 N–H and O–H groups in total. The Bertz CT molecular complexity index is 491. The van der Waals surface area contributed by atoms with E-state index >= 15 is 0 Å². The molecule has 1 aromatic heterocycles. The van der Waals surface area contributed by atoms with Crippen LogP contribution in [0.1, 0.15) is 5.69 Å². The highest BCUT2D eigenvalue weighted by molar-refractivity contribution is 6.30. The van der Waals surface area contributed by atoms with E-state index < -0.39 is 0 Å². The van der Waals surface area contributed by atoms with Gasteiger partial charge in [0, 0.05) is 24.6 Å². The molecule has 0 saturated heterocycles. The van der Waals surface area contributed by atoms with E-state index in [2.05, 4.69) is 5.10 Å². The molecule has 4 nitrogen and oxygen atoms in total. The Morgan fingerprint density at radius 1 is 1.41 bits per heavy atom. The summed E-state index contributed by atoms with van der Waals surface area (Å²) in [6.07, 6.45) is 0.720. The predicted molar refractivity (Wildman–Crippen MR) is 68.3 cm³/mol. The van der Waals surface area contributed by atoms with E-state index in [-0.39, 0.29) is 0 Å². The zero-order valence-electron chi connectivity index (χ0n) is 9.56. The van der Waals surface area contributed by atoms with Crippen molar-refractivity contribution in [3.63, 3.8) is 0 Å². The van der Waals surface area contributed by atoms with Crippen LogP contribution in [-0.4, -0.2) is 16.4 Å². The smallest absolute Gasteiger partial charge is 0.121 e. The SMILES string of the molecule is Cn1nc(CCOc2cccc(Cl)c2)cc1N. The van der Waals surface area contributed by atoms with Crippen LogP contribution in [0.3, 0.4) is 0 Å². The van der Waals surface area contributed by atoms with Crippen LogP contribution < -0.4 is 10.5 Å². The van der Waals surface area contributed by atoms with Crippen molar-refractivity contribution in [3.05, 3.63) is 41.0 Å². The highest BCUT2D eigenvalue weighted by atomic mass is 35.5. The third-order valence-electron chi connectivity index (χ3n) is 2.39. The summed E-state index contributed by atoms with van der Waals surface area (Å²) in [5.74, 6) is 1.42. The molecule has 0 spiro atoms. The van der Waals surface area contributed by atoms with Gasteiger partial charge in [0.05, 0.1) is 12.3 Å². The number of nitrogens with zero attached hydrogens (tertiary/aromatic N) is 2. The van der Waals surface area contributed by atoms with Crippen LogP contribution in [0.5, 0.6) is 5.75 Å². The van der Waals surface area contributed by atoms with Gasteiger partial charge in [0.25, 0.3) is 0 Å². The van der Waals surface area contributed by atoms with Gasteiger partial charge >= 0.3 is 0 Å². The second kappa shape index (κ2) is 5.10. The van der Waals surface area contributed by atoms with Gasteiger partial charge in [0.15, 0.2) is 0 Å². The lowest BCUT2D eigenvalue weighted by molar-refractivity contribution is 0.320. The summed E-state index contributed by atoms with van der Waals surface area (Å²) in [5.41, 5.74) is 6.61. The van der Waals surface area contributed by atoms with Crippen molar-refractivity contribution >= 4 is 17.4 Å². The Morgan fingerprint density at radius 3 is 2.88 bits per heavy atom. The summed E-state index contributed by atoms with van der Waals surface area (Å²) in [6.45, 7) is 0.552. The normalized spacial score (nSPS) is 10.5. The number of aryl methyl sites for hydroxylation is 1. The van der Waals surface area contributed by atoms with Crippen LogP contribution in [-0.2, 0) is 13.5 Å². The molecule has 90 valence electrons. The van der Waals surface area contributed by atoms with Gasteiger partial charge in [-0.25, -0.2) is 0 Å². The summed E-state index contributed by atoms with van der Waals surface area (Å²) in [6, 6.07) is 9.18. The first kappa shape index (κ1) is 11.8. The number of ether oxygens (including phenoxy) is 1. The third-order valence-corrected chi connectivity index (χ3v) is 2.62. The maximum Gasteiger partial charge on any atom is 0.121 e. The zero-order chi connectivity index (χ0) is 12.3. The van der Waals surface area contributed by atoms with E-state index in [4.69, 9.17) is 22.1 Å². The second-order valence-corrected chi connectivity index (χ2v) is 4.18. The molecule has 0 saturated carbocycles. The quantitative estimate of drug-likeness (QED) is 0.907. The first-order valence-corrected chi connectivity index (χ1v) is 5.70. The number of rotatable bonds is 4. The summed E-state index contributed by atoms with van der Waals surface area (Å²) in [4.78, 5) is 0. The van der Waals surface area contributed by atoms with Gasteiger partial charge in [-0.3, -0.25) is 4.68 Å². The summed E-state index contributed by atoms with van der Waals surface area (Å²) in [7, 11) is 1.82. The van der Waals surface area contributed by atoms with E-state index in [9.17, 15) is 0 Å². The molecule has 1 heterocycles. The van der Waals surface area contributed by atoms with Crippen molar-refractivity contribution in [2.45, 2.75) is 6.42 Å². The lowest BCUT2D eigenvalue weighted by Gasteiger charge is -2.04. The Balaban J connectivity index is 1.87. The molecule has 0 bridgehead atoms. The van der Waals surface area contributed by atoms with E-state index in [0.717, 1.165) is 17.9 Å². The third kappa shape index (κ3) is 3.14. The number of nitrogen functional groups attached to an aromatic ring is 1. The summed E-state index contributed by atoms with van der Waals surface area (Å²) in [5, 5.41) is 4.92. The van der Waals surface area contributed by atoms with Gasteiger partial charge < -0.3 is 10.5 Å². The fourth-order valence-electron chi connectivity index (χ4n) is 1.50. The van der Waals surface area contributed by atoms with Crippen LogP contribution in [0.2, 0.25) is 5.02 Å². The van der Waals surface area contributed by atoms with Crippen molar-refractivity contribution in [3.8, 4) is 5.75 Å². The predicted octanol–water partition coefficient (Wildman–Crippen LogP) is 2.28. The van der Waals surface area contributed by atoms with Crippen molar-refractivity contribution in [1.29, 1.82) is 0 Å².